The number of benzene rings is 1. The first-order valence-electron chi connectivity index (χ1n) is 8.11. The highest BCUT2D eigenvalue weighted by Crippen LogP contribution is 2.22. The zero-order valence-electron chi connectivity index (χ0n) is 14.5. The number of amides is 1. The minimum Gasteiger partial charge on any atom is -0.334 e. The lowest BCUT2D eigenvalue weighted by Crippen LogP contribution is -2.28. The lowest BCUT2D eigenvalue weighted by molar-refractivity contribution is 0.0780. The van der Waals surface area contributed by atoms with Crippen LogP contribution >= 0.6 is 0 Å². The van der Waals surface area contributed by atoms with Gasteiger partial charge in [0.05, 0.1) is 17.8 Å². The topological polar surface area (TPSA) is 76.8 Å². The average molecular weight is 336 g/mol. The van der Waals surface area contributed by atoms with Crippen LogP contribution in [-0.4, -0.2) is 42.6 Å². The number of hydrogen-bond donors (Lipinski definition) is 0. The Labute approximate surface area is 146 Å². The van der Waals surface area contributed by atoms with Crippen molar-refractivity contribution in [3.05, 3.63) is 60.1 Å². The third kappa shape index (κ3) is 3.55. The second-order valence-electron chi connectivity index (χ2n) is 5.74. The first kappa shape index (κ1) is 16.8. The predicted octanol–water partition coefficient (Wildman–Crippen LogP) is 2.34. The molecule has 0 bridgehead atoms. The molecule has 0 aliphatic heterocycles. The van der Waals surface area contributed by atoms with E-state index < -0.39 is 0 Å². The van der Waals surface area contributed by atoms with E-state index in [9.17, 15) is 4.79 Å². The fourth-order valence-electron chi connectivity index (χ4n) is 2.60. The van der Waals surface area contributed by atoms with E-state index in [2.05, 4.69) is 20.2 Å². The van der Waals surface area contributed by atoms with Gasteiger partial charge in [0.25, 0.3) is 5.91 Å². The van der Waals surface area contributed by atoms with E-state index in [1.54, 1.807) is 24.5 Å². The van der Waals surface area contributed by atoms with Gasteiger partial charge in [-0.25, -0.2) is 9.97 Å². The van der Waals surface area contributed by atoms with Gasteiger partial charge in [-0.3, -0.25) is 4.79 Å². The average Bonchev–Trinajstić information content (AvgIpc) is 3.09. The summed E-state index contributed by atoms with van der Waals surface area (Å²) in [4.78, 5) is 23.3. The molecule has 0 unspecified atom stereocenters. The van der Waals surface area contributed by atoms with Gasteiger partial charge in [0, 0.05) is 25.4 Å². The molecule has 2 aromatic heterocycles. The Balaban J connectivity index is 1.92. The Morgan fingerprint density at radius 1 is 1.24 bits per heavy atom. The van der Waals surface area contributed by atoms with E-state index in [0.29, 0.717) is 23.6 Å². The van der Waals surface area contributed by atoms with E-state index in [1.807, 2.05) is 48.7 Å². The zero-order valence-corrected chi connectivity index (χ0v) is 14.5. The summed E-state index contributed by atoms with van der Waals surface area (Å²) >= 11 is 0. The molecule has 3 rings (SSSR count). The van der Waals surface area contributed by atoms with Crippen LogP contribution in [0, 0.1) is 6.92 Å². The minimum absolute atomic E-state index is 0.149. The summed E-state index contributed by atoms with van der Waals surface area (Å²) in [6.45, 7) is 4.95. The second kappa shape index (κ2) is 7.21. The van der Waals surface area contributed by atoms with Crippen molar-refractivity contribution < 1.29 is 4.79 Å². The van der Waals surface area contributed by atoms with Gasteiger partial charge in [-0.2, -0.15) is 0 Å². The number of carbonyl (C=O) groups excluding carboxylic acids is 1. The molecule has 0 saturated heterocycles. The standard InChI is InChI=1S/C18H20N6O/c1-4-24-12-20-22-16(24)11-23(3)18(25)15-10-19-13(2)21-17(15)14-8-6-5-7-9-14/h5-10,12H,4,11H2,1-3H3. The van der Waals surface area contributed by atoms with Crippen LogP contribution in [-0.2, 0) is 13.1 Å². The monoisotopic (exact) mass is 336 g/mol. The fraction of sp³-hybridized carbons (Fsp3) is 0.278. The van der Waals surface area contributed by atoms with Crippen molar-refractivity contribution in [3.8, 4) is 11.3 Å². The van der Waals surface area contributed by atoms with Crippen molar-refractivity contribution in [1.29, 1.82) is 0 Å². The molecular weight excluding hydrogens is 316 g/mol. The van der Waals surface area contributed by atoms with Crippen molar-refractivity contribution in [3.63, 3.8) is 0 Å². The lowest BCUT2D eigenvalue weighted by atomic mass is 10.1. The summed E-state index contributed by atoms with van der Waals surface area (Å²) < 4.78 is 1.91. The summed E-state index contributed by atoms with van der Waals surface area (Å²) in [5.41, 5.74) is 2.00. The Bertz CT molecular complexity index is 874. The highest BCUT2D eigenvalue weighted by atomic mass is 16.2. The maximum atomic E-state index is 13.0. The molecule has 0 radical (unpaired) electrons. The molecule has 2 heterocycles. The number of rotatable bonds is 5. The molecule has 0 atom stereocenters. The fourth-order valence-corrected chi connectivity index (χ4v) is 2.60. The van der Waals surface area contributed by atoms with Crippen LogP contribution in [0.1, 0.15) is 28.9 Å². The predicted molar refractivity (Wildman–Crippen MR) is 93.7 cm³/mol. The van der Waals surface area contributed by atoms with Crippen molar-refractivity contribution in [2.75, 3.05) is 7.05 Å². The Morgan fingerprint density at radius 3 is 2.72 bits per heavy atom. The maximum Gasteiger partial charge on any atom is 0.257 e. The third-order valence-electron chi connectivity index (χ3n) is 3.95. The SMILES string of the molecule is CCn1cnnc1CN(C)C(=O)c1cnc(C)nc1-c1ccccc1. The normalized spacial score (nSPS) is 10.7. The number of carbonyl (C=O) groups is 1. The van der Waals surface area contributed by atoms with Crippen molar-refractivity contribution in [2.24, 2.45) is 0 Å². The van der Waals surface area contributed by atoms with Crippen LogP contribution in [0.15, 0.2) is 42.9 Å². The number of aromatic nitrogens is 5. The van der Waals surface area contributed by atoms with Crippen LogP contribution in [0.2, 0.25) is 0 Å². The van der Waals surface area contributed by atoms with Gasteiger partial charge in [-0.05, 0) is 13.8 Å². The molecular formula is C18H20N6O. The lowest BCUT2D eigenvalue weighted by Gasteiger charge is -2.18. The Kier molecular flexibility index (Phi) is 4.83. The molecule has 0 aliphatic carbocycles. The van der Waals surface area contributed by atoms with E-state index in [0.717, 1.165) is 17.9 Å². The molecule has 0 saturated carbocycles. The summed E-state index contributed by atoms with van der Waals surface area (Å²) in [5, 5.41) is 7.99. The Hall–Kier alpha value is -3.09. The number of nitrogens with zero attached hydrogens (tertiary/aromatic N) is 6. The summed E-state index contributed by atoms with van der Waals surface area (Å²) in [7, 11) is 1.74. The number of aryl methyl sites for hydroxylation is 2. The molecule has 1 amide bonds. The minimum atomic E-state index is -0.149. The third-order valence-corrected chi connectivity index (χ3v) is 3.95. The van der Waals surface area contributed by atoms with Crippen molar-refractivity contribution >= 4 is 5.91 Å². The molecule has 0 spiro atoms. The first-order valence-corrected chi connectivity index (χ1v) is 8.11. The van der Waals surface area contributed by atoms with Gasteiger partial charge in [0.15, 0.2) is 5.82 Å². The van der Waals surface area contributed by atoms with Gasteiger partial charge in [0.1, 0.15) is 12.2 Å². The van der Waals surface area contributed by atoms with Crippen LogP contribution < -0.4 is 0 Å². The van der Waals surface area contributed by atoms with Gasteiger partial charge in [-0.15, -0.1) is 10.2 Å². The second-order valence-corrected chi connectivity index (χ2v) is 5.74. The summed E-state index contributed by atoms with van der Waals surface area (Å²) in [6.07, 6.45) is 3.26. The number of hydrogen-bond acceptors (Lipinski definition) is 5. The van der Waals surface area contributed by atoms with Gasteiger partial charge >= 0.3 is 0 Å². The smallest absolute Gasteiger partial charge is 0.257 e. The van der Waals surface area contributed by atoms with E-state index in [4.69, 9.17) is 0 Å². The quantitative estimate of drug-likeness (QED) is 0.715. The molecule has 0 fully saturated rings. The maximum absolute atomic E-state index is 13.0. The highest BCUT2D eigenvalue weighted by molar-refractivity contribution is 5.99. The van der Waals surface area contributed by atoms with Crippen molar-refractivity contribution in [2.45, 2.75) is 26.9 Å². The van der Waals surface area contributed by atoms with Gasteiger partial charge < -0.3 is 9.47 Å². The van der Waals surface area contributed by atoms with E-state index in [1.165, 1.54) is 0 Å². The molecule has 0 N–H and O–H groups in total. The summed E-state index contributed by atoms with van der Waals surface area (Å²) in [6, 6.07) is 9.66. The van der Waals surface area contributed by atoms with E-state index in [-0.39, 0.29) is 5.91 Å². The van der Waals surface area contributed by atoms with E-state index >= 15 is 0 Å². The first-order chi connectivity index (χ1) is 12.1. The van der Waals surface area contributed by atoms with Crippen LogP contribution in [0.25, 0.3) is 11.3 Å². The van der Waals surface area contributed by atoms with Gasteiger partial charge in [-0.1, -0.05) is 30.3 Å². The molecule has 7 heteroatoms. The largest absolute Gasteiger partial charge is 0.334 e. The van der Waals surface area contributed by atoms with Crippen molar-refractivity contribution in [1.82, 2.24) is 29.6 Å². The molecule has 25 heavy (non-hydrogen) atoms. The highest BCUT2D eigenvalue weighted by Gasteiger charge is 2.20. The van der Waals surface area contributed by atoms with Crippen LogP contribution in [0.3, 0.4) is 0 Å². The molecule has 7 nitrogen and oxygen atoms in total. The van der Waals surface area contributed by atoms with Crippen LogP contribution in [0.4, 0.5) is 0 Å². The van der Waals surface area contributed by atoms with Gasteiger partial charge in [0.2, 0.25) is 0 Å². The van der Waals surface area contributed by atoms with Crippen LogP contribution in [0.5, 0.6) is 0 Å². The molecule has 128 valence electrons. The molecule has 1 aromatic carbocycles. The molecule has 0 aliphatic rings. The summed E-state index contributed by atoms with van der Waals surface area (Å²) in [5.74, 6) is 1.22. The molecule has 3 aromatic rings. The Morgan fingerprint density at radius 2 is 2.00 bits per heavy atom. The zero-order chi connectivity index (χ0) is 17.8.